The Morgan fingerprint density at radius 1 is 1.07 bits per heavy atom. The Kier molecular flexibility index (Phi) is 5.79. The maximum atomic E-state index is 13.0. The summed E-state index contributed by atoms with van der Waals surface area (Å²) in [5, 5.41) is 0. The van der Waals surface area contributed by atoms with E-state index in [0.717, 1.165) is 24.0 Å². The van der Waals surface area contributed by atoms with E-state index >= 15 is 0 Å². The molecule has 2 aromatic carbocycles. The van der Waals surface area contributed by atoms with Crippen LogP contribution in [-0.4, -0.2) is 31.0 Å². The summed E-state index contributed by atoms with van der Waals surface area (Å²) < 4.78 is 41.0. The standard InChI is InChI=1S/C20H22FNO4S/c1-2-27(24,25)26-19-11-5-16(6-12-19)14-22(18-9-10-18)20(23)13-15-3-7-17(21)8-4-15/h3-8,11-12,18H,2,9-10,13-14H2,1H3. The van der Waals surface area contributed by atoms with Crippen molar-refractivity contribution in [3.63, 3.8) is 0 Å². The first-order valence-corrected chi connectivity index (χ1v) is 10.5. The second-order valence-corrected chi connectivity index (χ2v) is 8.49. The number of rotatable bonds is 8. The van der Waals surface area contributed by atoms with Crippen molar-refractivity contribution in [2.75, 3.05) is 5.75 Å². The summed E-state index contributed by atoms with van der Waals surface area (Å²) in [7, 11) is -3.55. The Balaban J connectivity index is 1.65. The van der Waals surface area contributed by atoms with Gasteiger partial charge in [0.15, 0.2) is 0 Å². The molecule has 144 valence electrons. The monoisotopic (exact) mass is 391 g/mol. The van der Waals surface area contributed by atoms with Gasteiger partial charge in [-0.2, -0.15) is 8.42 Å². The second-order valence-electron chi connectivity index (χ2n) is 6.63. The third-order valence-electron chi connectivity index (χ3n) is 4.43. The SMILES string of the molecule is CCS(=O)(=O)Oc1ccc(CN(C(=O)Cc2ccc(F)cc2)C2CC2)cc1. The van der Waals surface area contributed by atoms with Gasteiger partial charge in [-0.3, -0.25) is 4.79 Å². The van der Waals surface area contributed by atoms with Gasteiger partial charge in [0.05, 0.1) is 12.2 Å². The summed E-state index contributed by atoms with van der Waals surface area (Å²) in [6, 6.07) is 12.9. The second kappa shape index (κ2) is 8.08. The van der Waals surface area contributed by atoms with Crippen molar-refractivity contribution in [1.82, 2.24) is 4.90 Å². The van der Waals surface area contributed by atoms with Gasteiger partial charge in [-0.15, -0.1) is 0 Å². The summed E-state index contributed by atoms with van der Waals surface area (Å²) in [6.45, 7) is 1.97. The molecule has 7 heteroatoms. The zero-order chi connectivity index (χ0) is 19.4. The molecule has 1 aliphatic rings. The zero-order valence-electron chi connectivity index (χ0n) is 15.1. The molecule has 1 fully saturated rings. The van der Waals surface area contributed by atoms with Crippen LogP contribution in [0.1, 0.15) is 30.9 Å². The number of carbonyl (C=O) groups is 1. The molecule has 0 aromatic heterocycles. The minimum absolute atomic E-state index is 0.00186. The fraction of sp³-hybridized carbons (Fsp3) is 0.350. The Morgan fingerprint density at radius 3 is 2.22 bits per heavy atom. The predicted molar refractivity (Wildman–Crippen MR) is 100 cm³/mol. The average Bonchev–Trinajstić information content (AvgIpc) is 3.47. The molecule has 0 heterocycles. The van der Waals surface area contributed by atoms with E-state index in [9.17, 15) is 17.6 Å². The van der Waals surface area contributed by atoms with E-state index in [1.807, 2.05) is 4.90 Å². The van der Waals surface area contributed by atoms with Gasteiger partial charge in [-0.05, 0) is 55.2 Å². The maximum absolute atomic E-state index is 13.0. The summed E-state index contributed by atoms with van der Waals surface area (Å²) in [4.78, 5) is 14.5. The molecule has 1 saturated carbocycles. The van der Waals surface area contributed by atoms with E-state index in [4.69, 9.17) is 4.18 Å². The molecule has 5 nitrogen and oxygen atoms in total. The average molecular weight is 391 g/mol. The first-order chi connectivity index (χ1) is 12.9. The van der Waals surface area contributed by atoms with Crippen molar-refractivity contribution in [2.24, 2.45) is 0 Å². The van der Waals surface area contributed by atoms with Crippen LogP contribution < -0.4 is 4.18 Å². The zero-order valence-corrected chi connectivity index (χ0v) is 15.9. The Labute approximate surface area is 158 Å². The highest BCUT2D eigenvalue weighted by Crippen LogP contribution is 2.29. The number of hydrogen-bond acceptors (Lipinski definition) is 4. The topological polar surface area (TPSA) is 63.7 Å². The van der Waals surface area contributed by atoms with E-state index < -0.39 is 10.1 Å². The van der Waals surface area contributed by atoms with Gasteiger partial charge < -0.3 is 9.08 Å². The molecule has 2 aromatic rings. The molecule has 0 N–H and O–H groups in total. The number of amides is 1. The lowest BCUT2D eigenvalue weighted by Gasteiger charge is -2.23. The molecule has 0 aliphatic heterocycles. The van der Waals surface area contributed by atoms with Crippen molar-refractivity contribution in [2.45, 2.75) is 38.8 Å². The third-order valence-corrected chi connectivity index (χ3v) is 5.58. The Bertz CT molecular complexity index is 891. The highest BCUT2D eigenvalue weighted by Gasteiger charge is 2.32. The smallest absolute Gasteiger partial charge is 0.308 e. The lowest BCUT2D eigenvalue weighted by molar-refractivity contribution is -0.131. The largest absolute Gasteiger partial charge is 0.382 e. The molecule has 3 rings (SSSR count). The first-order valence-electron chi connectivity index (χ1n) is 8.91. The quantitative estimate of drug-likeness (QED) is 0.648. The van der Waals surface area contributed by atoms with Crippen LogP contribution in [0.5, 0.6) is 5.75 Å². The van der Waals surface area contributed by atoms with Crippen molar-refractivity contribution in [3.8, 4) is 5.75 Å². The number of hydrogen-bond donors (Lipinski definition) is 0. The highest BCUT2D eigenvalue weighted by atomic mass is 32.2. The fourth-order valence-electron chi connectivity index (χ4n) is 2.74. The van der Waals surface area contributed by atoms with Gasteiger partial charge in [0, 0.05) is 12.6 Å². The van der Waals surface area contributed by atoms with Crippen molar-refractivity contribution in [3.05, 3.63) is 65.5 Å². The van der Waals surface area contributed by atoms with Gasteiger partial charge in [0.25, 0.3) is 0 Å². The summed E-state index contributed by atoms with van der Waals surface area (Å²) in [6.07, 6.45) is 2.18. The lowest BCUT2D eigenvalue weighted by Crippen LogP contribution is -2.33. The normalized spacial score (nSPS) is 14.0. The molecule has 0 saturated heterocycles. The van der Waals surface area contributed by atoms with E-state index in [1.54, 1.807) is 36.4 Å². The highest BCUT2D eigenvalue weighted by molar-refractivity contribution is 7.87. The molecule has 0 unspecified atom stereocenters. The van der Waals surface area contributed by atoms with Gasteiger partial charge in [0.2, 0.25) is 5.91 Å². The minimum atomic E-state index is -3.55. The third kappa shape index (κ3) is 5.53. The number of carbonyl (C=O) groups excluding carboxylic acids is 1. The van der Waals surface area contributed by atoms with E-state index in [2.05, 4.69) is 0 Å². The van der Waals surface area contributed by atoms with Crippen LogP contribution in [0, 0.1) is 5.82 Å². The van der Waals surface area contributed by atoms with Crippen molar-refractivity contribution >= 4 is 16.0 Å². The summed E-state index contributed by atoms with van der Waals surface area (Å²) in [5.74, 6) is -0.158. The number of benzene rings is 2. The minimum Gasteiger partial charge on any atom is -0.382 e. The Morgan fingerprint density at radius 2 is 1.67 bits per heavy atom. The molecule has 27 heavy (non-hydrogen) atoms. The molecule has 0 spiro atoms. The summed E-state index contributed by atoms with van der Waals surface area (Å²) in [5.41, 5.74) is 1.68. The molecule has 1 amide bonds. The van der Waals surface area contributed by atoms with Gasteiger partial charge in [-0.25, -0.2) is 4.39 Å². The van der Waals surface area contributed by atoms with Gasteiger partial charge >= 0.3 is 10.1 Å². The van der Waals surface area contributed by atoms with Crippen LogP contribution >= 0.6 is 0 Å². The molecular formula is C20H22FNO4S. The van der Waals surface area contributed by atoms with Crippen LogP contribution in [0.15, 0.2) is 48.5 Å². The van der Waals surface area contributed by atoms with Crippen LogP contribution in [0.25, 0.3) is 0 Å². The van der Waals surface area contributed by atoms with E-state index in [-0.39, 0.29) is 35.7 Å². The number of nitrogens with zero attached hydrogens (tertiary/aromatic N) is 1. The molecule has 0 atom stereocenters. The molecule has 0 bridgehead atoms. The molecule has 0 radical (unpaired) electrons. The molecule has 1 aliphatic carbocycles. The Hall–Kier alpha value is -2.41. The van der Waals surface area contributed by atoms with Gasteiger partial charge in [-0.1, -0.05) is 24.3 Å². The van der Waals surface area contributed by atoms with Crippen LogP contribution in [-0.2, 0) is 27.9 Å². The van der Waals surface area contributed by atoms with Crippen LogP contribution in [0.4, 0.5) is 4.39 Å². The van der Waals surface area contributed by atoms with E-state index in [0.29, 0.717) is 6.54 Å². The molecular weight excluding hydrogens is 369 g/mol. The van der Waals surface area contributed by atoms with Crippen molar-refractivity contribution < 1.29 is 21.8 Å². The van der Waals surface area contributed by atoms with E-state index in [1.165, 1.54) is 19.1 Å². The summed E-state index contributed by atoms with van der Waals surface area (Å²) >= 11 is 0. The maximum Gasteiger partial charge on any atom is 0.308 e. The lowest BCUT2D eigenvalue weighted by atomic mass is 10.1. The van der Waals surface area contributed by atoms with Crippen molar-refractivity contribution in [1.29, 1.82) is 0 Å². The fourth-order valence-corrected chi connectivity index (χ4v) is 3.26. The van der Waals surface area contributed by atoms with Crippen LogP contribution in [0.3, 0.4) is 0 Å². The van der Waals surface area contributed by atoms with Gasteiger partial charge in [0.1, 0.15) is 11.6 Å². The van der Waals surface area contributed by atoms with Crippen LogP contribution in [0.2, 0.25) is 0 Å². The first kappa shape index (κ1) is 19.4. The predicted octanol–water partition coefficient (Wildman–Crippen LogP) is 3.29. The number of halogens is 1.